The number of anilines is 1. The van der Waals surface area contributed by atoms with E-state index in [1.807, 2.05) is 30.5 Å². The summed E-state index contributed by atoms with van der Waals surface area (Å²) >= 11 is 3.11. The van der Waals surface area contributed by atoms with Crippen molar-refractivity contribution in [3.8, 4) is 0 Å². The van der Waals surface area contributed by atoms with Gasteiger partial charge in [0.15, 0.2) is 0 Å². The molecule has 2 heterocycles. The van der Waals surface area contributed by atoms with Crippen LogP contribution in [0.3, 0.4) is 0 Å². The number of nitrogens with zero attached hydrogens (tertiary/aromatic N) is 1. The maximum Gasteiger partial charge on any atom is 0.261 e. The van der Waals surface area contributed by atoms with Crippen LogP contribution in [0.5, 0.6) is 0 Å². The minimum Gasteiger partial charge on any atom is -0.399 e. The Kier molecular flexibility index (Phi) is 3.90. The van der Waals surface area contributed by atoms with Crippen molar-refractivity contribution in [3.63, 3.8) is 0 Å². The van der Waals surface area contributed by atoms with E-state index in [1.165, 1.54) is 16.2 Å². The first-order valence-electron chi connectivity index (χ1n) is 6.66. The third kappa shape index (κ3) is 3.06. The Morgan fingerprint density at radius 1 is 1.33 bits per heavy atom. The van der Waals surface area contributed by atoms with Gasteiger partial charge in [-0.3, -0.25) is 4.79 Å². The summed E-state index contributed by atoms with van der Waals surface area (Å²) in [6.45, 7) is 2.57. The smallest absolute Gasteiger partial charge is 0.261 e. The van der Waals surface area contributed by atoms with Gasteiger partial charge in [-0.2, -0.15) is 0 Å². The Morgan fingerprint density at radius 3 is 2.95 bits per heavy atom. The maximum absolute atomic E-state index is 12.2. The number of hydrogen-bond donors (Lipinski definition) is 2. The molecule has 2 aromatic heterocycles. The number of nitrogen functional groups attached to an aromatic ring is 1. The first kappa shape index (κ1) is 14.0. The van der Waals surface area contributed by atoms with Crippen LogP contribution in [0.25, 0.3) is 10.1 Å². The summed E-state index contributed by atoms with van der Waals surface area (Å²) < 4.78 is 1.07. The molecule has 0 aliphatic rings. The van der Waals surface area contributed by atoms with Crippen LogP contribution < -0.4 is 11.1 Å². The molecule has 0 saturated carbocycles. The van der Waals surface area contributed by atoms with E-state index in [0.29, 0.717) is 17.1 Å². The SMILES string of the molecule is CCc1cnc(CNC(=O)c2cc3cc(N)ccc3s2)s1. The Bertz CT molecular complexity index is 791. The molecular weight excluding hydrogens is 302 g/mol. The highest BCUT2D eigenvalue weighted by Gasteiger charge is 2.11. The Labute approximate surface area is 130 Å². The number of carbonyl (C=O) groups is 1. The standard InChI is InChI=1S/C15H15N3OS2/c1-2-11-7-17-14(20-11)8-18-15(19)13-6-9-5-10(16)3-4-12(9)21-13/h3-7H,2,8,16H2,1H3,(H,18,19). The highest BCUT2D eigenvalue weighted by molar-refractivity contribution is 7.20. The summed E-state index contributed by atoms with van der Waals surface area (Å²) in [6, 6.07) is 7.56. The minimum atomic E-state index is -0.0666. The molecule has 0 bridgehead atoms. The van der Waals surface area contributed by atoms with E-state index in [2.05, 4.69) is 17.2 Å². The van der Waals surface area contributed by atoms with E-state index in [1.54, 1.807) is 11.3 Å². The van der Waals surface area contributed by atoms with Gasteiger partial charge >= 0.3 is 0 Å². The van der Waals surface area contributed by atoms with E-state index in [9.17, 15) is 4.79 Å². The molecule has 0 fully saturated rings. The second kappa shape index (κ2) is 5.83. The zero-order valence-electron chi connectivity index (χ0n) is 11.6. The van der Waals surface area contributed by atoms with Gasteiger partial charge in [0.1, 0.15) is 5.01 Å². The number of amides is 1. The van der Waals surface area contributed by atoms with Crippen molar-refractivity contribution in [2.45, 2.75) is 19.9 Å². The molecule has 6 heteroatoms. The van der Waals surface area contributed by atoms with Crippen LogP contribution in [0.2, 0.25) is 0 Å². The van der Waals surface area contributed by atoms with Crippen molar-refractivity contribution >= 4 is 44.4 Å². The Hall–Kier alpha value is -1.92. The van der Waals surface area contributed by atoms with Crippen molar-refractivity contribution < 1.29 is 4.79 Å². The molecule has 0 unspecified atom stereocenters. The molecule has 3 N–H and O–H groups in total. The molecule has 0 aliphatic heterocycles. The molecule has 0 atom stereocenters. The zero-order valence-corrected chi connectivity index (χ0v) is 13.2. The summed E-state index contributed by atoms with van der Waals surface area (Å²) in [5.74, 6) is -0.0666. The van der Waals surface area contributed by atoms with Gasteiger partial charge in [-0.15, -0.1) is 22.7 Å². The predicted molar refractivity (Wildman–Crippen MR) is 88.9 cm³/mol. The molecule has 108 valence electrons. The highest BCUT2D eigenvalue weighted by Crippen LogP contribution is 2.27. The van der Waals surface area contributed by atoms with E-state index < -0.39 is 0 Å². The number of nitrogens with one attached hydrogen (secondary N) is 1. The summed E-state index contributed by atoms with van der Waals surface area (Å²) in [6.07, 6.45) is 2.84. The van der Waals surface area contributed by atoms with Gasteiger partial charge in [-0.05, 0) is 36.1 Å². The van der Waals surface area contributed by atoms with Crippen molar-refractivity contribution in [3.05, 3.63) is 45.2 Å². The molecule has 21 heavy (non-hydrogen) atoms. The van der Waals surface area contributed by atoms with Gasteiger partial charge in [-0.1, -0.05) is 6.92 Å². The van der Waals surface area contributed by atoms with Gasteiger partial charge in [0.05, 0.1) is 11.4 Å². The largest absolute Gasteiger partial charge is 0.399 e. The minimum absolute atomic E-state index is 0.0666. The predicted octanol–water partition coefficient (Wildman–Crippen LogP) is 3.43. The number of carbonyl (C=O) groups excluding carboxylic acids is 1. The molecule has 1 amide bonds. The molecule has 0 spiro atoms. The van der Waals surface area contributed by atoms with Crippen molar-refractivity contribution in [2.75, 3.05) is 5.73 Å². The first-order chi connectivity index (χ1) is 10.2. The number of aryl methyl sites for hydroxylation is 1. The molecule has 1 aromatic carbocycles. The van der Waals surface area contributed by atoms with E-state index in [0.717, 1.165) is 21.5 Å². The summed E-state index contributed by atoms with van der Waals surface area (Å²) in [5, 5.41) is 4.86. The Morgan fingerprint density at radius 2 is 2.19 bits per heavy atom. The summed E-state index contributed by atoms with van der Waals surface area (Å²) in [5.41, 5.74) is 6.47. The molecule has 4 nitrogen and oxygen atoms in total. The van der Waals surface area contributed by atoms with Gasteiger partial charge in [0.2, 0.25) is 0 Å². The number of thiazole rings is 1. The molecular formula is C15H15N3OS2. The lowest BCUT2D eigenvalue weighted by atomic mass is 10.2. The van der Waals surface area contributed by atoms with Gasteiger partial charge in [0, 0.05) is 21.5 Å². The van der Waals surface area contributed by atoms with Gasteiger partial charge in [0.25, 0.3) is 5.91 Å². The average Bonchev–Trinajstić information content (AvgIpc) is 3.10. The van der Waals surface area contributed by atoms with Crippen molar-refractivity contribution in [1.82, 2.24) is 10.3 Å². The Balaban J connectivity index is 1.71. The van der Waals surface area contributed by atoms with Gasteiger partial charge in [-0.25, -0.2) is 4.98 Å². The number of thiophene rings is 1. The number of rotatable bonds is 4. The third-order valence-electron chi connectivity index (χ3n) is 3.11. The van der Waals surface area contributed by atoms with Crippen LogP contribution in [-0.2, 0) is 13.0 Å². The lowest BCUT2D eigenvalue weighted by Gasteiger charge is -1.99. The number of fused-ring (bicyclic) bond motifs is 1. The second-order valence-electron chi connectivity index (χ2n) is 4.66. The molecule has 3 aromatic rings. The average molecular weight is 317 g/mol. The van der Waals surface area contributed by atoms with Crippen LogP contribution in [-0.4, -0.2) is 10.9 Å². The molecule has 0 saturated heterocycles. The number of aromatic nitrogens is 1. The summed E-state index contributed by atoms with van der Waals surface area (Å²) in [7, 11) is 0. The lowest BCUT2D eigenvalue weighted by molar-refractivity contribution is 0.0955. The summed E-state index contributed by atoms with van der Waals surface area (Å²) in [4.78, 5) is 18.4. The molecule has 0 radical (unpaired) electrons. The zero-order chi connectivity index (χ0) is 14.8. The lowest BCUT2D eigenvalue weighted by Crippen LogP contribution is -2.21. The first-order valence-corrected chi connectivity index (χ1v) is 8.30. The quantitative estimate of drug-likeness (QED) is 0.724. The van der Waals surface area contributed by atoms with E-state index >= 15 is 0 Å². The monoisotopic (exact) mass is 317 g/mol. The topological polar surface area (TPSA) is 68.0 Å². The van der Waals surface area contributed by atoms with E-state index in [-0.39, 0.29) is 5.91 Å². The van der Waals surface area contributed by atoms with Crippen LogP contribution in [0.15, 0.2) is 30.5 Å². The van der Waals surface area contributed by atoms with Crippen LogP contribution >= 0.6 is 22.7 Å². The van der Waals surface area contributed by atoms with Crippen LogP contribution in [0.1, 0.15) is 26.5 Å². The maximum atomic E-state index is 12.2. The highest BCUT2D eigenvalue weighted by atomic mass is 32.1. The number of benzene rings is 1. The number of hydrogen-bond acceptors (Lipinski definition) is 5. The fourth-order valence-corrected chi connectivity index (χ4v) is 3.77. The molecule has 0 aliphatic carbocycles. The van der Waals surface area contributed by atoms with Crippen LogP contribution in [0, 0.1) is 0 Å². The van der Waals surface area contributed by atoms with Gasteiger partial charge < -0.3 is 11.1 Å². The van der Waals surface area contributed by atoms with E-state index in [4.69, 9.17) is 5.73 Å². The van der Waals surface area contributed by atoms with Crippen molar-refractivity contribution in [2.24, 2.45) is 0 Å². The van der Waals surface area contributed by atoms with Crippen molar-refractivity contribution in [1.29, 1.82) is 0 Å². The fourth-order valence-electron chi connectivity index (χ4n) is 2.01. The normalized spacial score (nSPS) is 10.9. The number of nitrogens with two attached hydrogens (primary N) is 1. The fraction of sp³-hybridized carbons (Fsp3) is 0.200. The third-order valence-corrected chi connectivity index (χ3v) is 5.37. The second-order valence-corrected chi connectivity index (χ2v) is 6.95. The van der Waals surface area contributed by atoms with Crippen LogP contribution in [0.4, 0.5) is 5.69 Å². The molecule has 3 rings (SSSR count).